The van der Waals surface area contributed by atoms with Crippen LogP contribution in [-0.4, -0.2) is 74.6 Å². The maximum atomic E-state index is 11.9. The van der Waals surface area contributed by atoms with Crippen LogP contribution in [0.5, 0.6) is 0 Å². The maximum Gasteiger partial charge on any atom is 0.328 e. The van der Waals surface area contributed by atoms with E-state index in [2.05, 4.69) is 5.32 Å². The fraction of sp³-hybridized carbons (Fsp3) is 0.500. The molecule has 0 bridgehead atoms. The van der Waals surface area contributed by atoms with E-state index in [0.29, 0.717) is 0 Å². The van der Waals surface area contributed by atoms with Crippen molar-refractivity contribution < 1.29 is 34.8 Å². The Kier molecular flexibility index (Phi) is 4.78. The second kappa shape index (κ2) is 6.42. The van der Waals surface area contributed by atoms with Crippen LogP contribution >= 0.6 is 0 Å². The molecule has 2 amide bonds. The summed E-state index contributed by atoms with van der Waals surface area (Å²) in [4.78, 5) is 23.4. The second-order valence-corrected chi connectivity index (χ2v) is 4.85. The van der Waals surface area contributed by atoms with Crippen molar-refractivity contribution in [2.75, 3.05) is 6.61 Å². The molecular formula is C12H17N3O7. The maximum absolute atomic E-state index is 11.9. The van der Waals surface area contributed by atoms with Crippen LogP contribution in [0.3, 0.4) is 0 Å². The van der Waals surface area contributed by atoms with Crippen molar-refractivity contribution in [3.8, 4) is 0 Å². The summed E-state index contributed by atoms with van der Waals surface area (Å²) >= 11 is 0. The fourth-order valence-electron chi connectivity index (χ4n) is 2.29. The third-order valence-corrected chi connectivity index (χ3v) is 3.45. The van der Waals surface area contributed by atoms with E-state index in [9.17, 15) is 19.8 Å². The van der Waals surface area contributed by atoms with Gasteiger partial charge >= 0.3 is 12.0 Å². The van der Waals surface area contributed by atoms with Crippen molar-refractivity contribution in [1.29, 1.82) is 0 Å². The minimum absolute atomic E-state index is 0.264. The Morgan fingerprint density at radius 1 is 1.45 bits per heavy atom. The van der Waals surface area contributed by atoms with E-state index in [1.807, 2.05) is 0 Å². The van der Waals surface area contributed by atoms with Crippen molar-refractivity contribution >= 4 is 12.0 Å². The topological polar surface area (TPSA) is 166 Å². The summed E-state index contributed by atoms with van der Waals surface area (Å²) in [7, 11) is 0. The number of urea groups is 1. The number of carbonyl (C=O) groups excluding carboxylic acids is 1. The van der Waals surface area contributed by atoms with Crippen LogP contribution in [-0.2, 0) is 9.53 Å². The molecule has 0 spiro atoms. The molecule has 0 radical (unpaired) electrons. The van der Waals surface area contributed by atoms with Gasteiger partial charge in [0.05, 0.1) is 6.61 Å². The van der Waals surface area contributed by atoms with Gasteiger partial charge in [0, 0.05) is 17.8 Å². The van der Waals surface area contributed by atoms with Gasteiger partial charge < -0.3 is 36.2 Å². The molecule has 2 aliphatic heterocycles. The molecule has 22 heavy (non-hydrogen) atoms. The lowest BCUT2D eigenvalue weighted by atomic mass is 10.1. The van der Waals surface area contributed by atoms with Gasteiger partial charge in [0.1, 0.15) is 24.5 Å². The standard InChI is InChI=1S/C12H17N3O7/c13-10-5(1-2-7(17)18)3-14-12(21)15(10)11-9(20)8(19)6(4-16)22-11/h1-3,6,8-11,16,19-20H,4,13H2,(H,14,21)(H,17,18)/t6-,8+,9-,10?,11-/m1/s1. The molecular weight excluding hydrogens is 298 g/mol. The summed E-state index contributed by atoms with van der Waals surface area (Å²) in [6.45, 7) is -0.541. The molecule has 0 aliphatic carbocycles. The summed E-state index contributed by atoms with van der Waals surface area (Å²) in [5.74, 6) is -1.19. The van der Waals surface area contributed by atoms with Crippen LogP contribution in [0.4, 0.5) is 4.79 Å². The Morgan fingerprint density at radius 3 is 2.68 bits per heavy atom. The summed E-state index contributed by atoms with van der Waals surface area (Å²) in [5.41, 5.74) is 6.16. The Hall–Kier alpha value is -1.98. The number of amides is 2. The number of rotatable bonds is 4. The Labute approximate surface area is 125 Å². The highest BCUT2D eigenvalue weighted by Crippen LogP contribution is 2.27. The number of aliphatic hydroxyl groups excluding tert-OH is 3. The van der Waals surface area contributed by atoms with Crippen LogP contribution in [0, 0.1) is 0 Å². The third kappa shape index (κ3) is 2.96. The Bertz CT molecular complexity index is 521. The summed E-state index contributed by atoms with van der Waals surface area (Å²) in [5, 5.41) is 39.7. The van der Waals surface area contributed by atoms with Crippen molar-refractivity contribution in [1.82, 2.24) is 10.2 Å². The number of aliphatic carboxylic acids is 1. The van der Waals surface area contributed by atoms with Crippen molar-refractivity contribution in [3.63, 3.8) is 0 Å². The molecule has 2 rings (SSSR count). The van der Waals surface area contributed by atoms with Crippen LogP contribution in [0.25, 0.3) is 0 Å². The monoisotopic (exact) mass is 315 g/mol. The van der Waals surface area contributed by atoms with Gasteiger partial charge in [-0.1, -0.05) is 0 Å². The minimum atomic E-state index is -1.46. The molecule has 1 fully saturated rings. The van der Waals surface area contributed by atoms with Gasteiger partial charge in [-0.15, -0.1) is 0 Å². The zero-order valence-corrected chi connectivity index (χ0v) is 11.4. The first-order valence-corrected chi connectivity index (χ1v) is 6.44. The molecule has 0 aromatic rings. The van der Waals surface area contributed by atoms with Crippen LogP contribution in [0.15, 0.2) is 23.9 Å². The number of carboxylic acids is 1. The first-order chi connectivity index (χ1) is 10.4. The second-order valence-electron chi connectivity index (χ2n) is 4.85. The predicted molar refractivity (Wildman–Crippen MR) is 71.0 cm³/mol. The SMILES string of the molecule is NC1C(C=CC(=O)O)=CNC(=O)N1[C@@H]1O[C@H](CO)[C@H](O)[C@H]1O. The average molecular weight is 315 g/mol. The number of nitrogens with two attached hydrogens (primary N) is 1. The van der Waals surface area contributed by atoms with Crippen LogP contribution in [0.2, 0.25) is 0 Å². The van der Waals surface area contributed by atoms with Crippen molar-refractivity contribution in [3.05, 3.63) is 23.9 Å². The molecule has 122 valence electrons. The van der Waals surface area contributed by atoms with Gasteiger partial charge in [-0.3, -0.25) is 4.90 Å². The number of ether oxygens (including phenoxy) is 1. The highest BCUT2D eigenvalue weighted by molar-refractivity contribution is 5.81. The zero-order chi connectivity index (χ0) is 16.4. The lowest BCUT2D eigenvalue weighted by molar-refractivity contribution is -0.131. The van der Waals surface area contributed by atoms with E-state index < -0.39 is 49.3 Å². The van der Waals surface area contributed by atoms with E-state index in [-0.39, 0.29) is 5.57 Å². The molecule has 7 N–H and O–H groups in total. The summed E-state index contributed by atoms with van der Waals surface area (Å²) in [6, 6.07) is -0.685. The number of nitrogens with one attached hydrogen (secondary N) is 1. The van der Waals surface area contributed by atoms with E-state index in [4.69, 9.17) is 20.7 Å². The number of carboxylic acid groups (broad SMARTS) is 1. The fourth-order valence-corrected chi connectivity index (χ4v) is 2.29. The third-order valence-electron chi connectivity index (χ3n) is 3.45. The first-order valence-electron chi connectivity index (χ1n) is 6.44. The lowest BCUT2D eigenvalue weighted by Gasteiger charge is -2.37. The molecule has 0 aromatic heterocycles. The number of aliphatic hydroxyl groups is 3. The first kappa shape index (κ1) is 16.4. The van der Waals surface area contributed by atoms with Crippen LogP contribution in [0.1, 0.15) is 0 Å². The Morgan fingerprint density at radius 2 is 2.14 bits per heavy atom. The molecule has 0 aromatic carbocycles. The lowest BCUT2D eigenvalue weighted by Crippen LogP contribution is -2.60. The summed E-state index contributed by atoms with van der Waals surface area (Å²) < 4.78 is 5.26. The van der Waals surface area contributed by atoms with Gasteiger partial charge in [0.25, 0.3) is 0 Å². The predicted octanol–water partition coefficient (Wildman–Crippen LogP) is -2.74. The van der Waals surface area contributed by atoms with E-state index in [1.54, 1.807) is 0 Å². The Balaban J connectivity index is 2.22. The molecule has 1 unspecified atom stereocenters. The highest BCUT2D eigenvalue weighted by atomic mass is 16.6. The van der Waals surface area contributed by atoms with E-state index in [1.165, 1.54) is 12.3 Å². The number of nitrogens with zero attached hydrogens (tertiary/aromatic N) is 1. The van der Waals surface area contributed by atoms with Gasteiger partial charge in [-0.25, -0.2) is 9.59 Å². The number of hydrogen-bond donors (Lipinski definition) is 6. The van der Waals surface area contributed by atoms with Gasteiger partial charge in [-0.05, 0) is 6.08 Å². The molecule has 10 nitrogen and oxygen atoms in total. The molecule has 0 saturated carbocycles. The molecule has 5 atom stereocenters. The summed E-state index contributed by atoms with van der Waals surface area (Å²) in [6.07, 6.45) is -2.97. The molecule has 2 aliphatic rings. The van der Waals surface area contributed by atoms with Gasteiger partial charge in [0.15, 0.2) is 6.23 Å². The average Bonchev–Trinajstić information content (AvgIpc) is 2.74. The normalized spacial score (nSPS) is 35.6. The smallest absolute Gasteiger partial charge is 0.328 e. The van der Waals surface area contributed by atoms with Gasteiger partial charge in [-0.2, -0.15) is 0 Å². The number of carbonyl (C=O) groups is 2. The highest BCUT2D eigenvalue weighted by Gasteiger charge is 2.48. The minimum Gasteiger partial charge on any atom is -0.478 e. The van der Waals surface area contributed by atoms with Gasteiger partial charge in [0.2, 0.25) is 0 Å². The van der Waals surface area contributed by atoms with E-state index >= 15 is 0 Å². The molecule has 1 saturated heterocycles. The van der Waals surface area contributed by atoms with Crippen molar-refractivity contribution in [2.24, 2.45) is 5.73 Å². The molecule has 2 heterocycles. The largest absolute Gasteiger partial charge is 0.478 e. The van der Waals surface area contributed by atoms with Crippen molar-refractivity contribution in [2.45, 2.75) is 30.7 Å². The van der Waals surface area contributed by atoms with Crippen LogP contribution < -0.4 is 11.1 Å². The van der Waals surface area contributed by atoms with E-state index in [0.717, 1.165) is 11.0 Å². The number of hydrogen-bond acceptors (Lipinski definition) is 7. The molecule has 10 heteroatoms. The quantitative estimate of drug-likeness (QED) is 0.304. The zero-order valence-electron chi connectivity index (χ0n) is 11.4.